The summed E-state index contributed by atoms with van der Waals surface area (Å²) < 4.78 is 5.24. The van der Waals surface area contributed by atoms with Gasteiger partial charge in [0.25, 0.3) is 5.89 Å². The van der Waals surface area contributed by atoms with Gasteiger partial charge in [-0.1, -0.05) is 35.0 Å². The number of anilines is 1. The number of benzene rings is 2. The van der Waals surface area contributed by atoms with Gasteiger partial charge in [-0.05, 0) is 30.3 Å². The Morgan fingerprint density at radius 1 is 1.00 bits per heavy atom. The van der Waals surface area contributed by atoms with Crippen LogP contribution >= 0.6 is 11.6 Å². The van der Waals surface area contributed by atoms with E-state index in [0.717, 1.165) is 11.1 Å². The lowest BCUT2D eigenvalue weighted by atomic mass is 10.2. The topological polar surface area (TPSA) is 64.9 Å². The number of halogens is 1. The molecule has 0 aliphatic carbocycles. The third-order valence-corrected chi connectivity index (χ3v) is 2.88. The second kappa shape index (κ2) is 4.74. The zero-order chi connectivity index (χ0) is 13.2. The molecule has 19 heavy (non-hydrogen) atoms. The molecule has 0 atom stereocenters. The zero-order valence-corrected chi connectivity index (χ0v) is 10.6. The highest BCUT2D eigenvalue weighted by Gasteiger charge is 2.10. The Hall–Kier alpha value is -2.33. The van der Waals surface area contributed by atoms with Crippen molar-refractivity contribution in [3.05, 3.63) is 53.6 Å². The van der Waals surface area contributed by atoms with E-state index in [4.69, 9.17) is 21.9 Å². The Labute approximate surface area is 114 Å². The summed E-state index contributed by atoms with van der Waals surface area (Å²) in [4.78, 5) is 4.34. The minimum absolute atomic E-state index is 0.433. The number of nitrogens with zero attached hydrogens (tertiary/aromatic N) is 2. The van der Waals surface area contributed by atoms with Crippen LogP contribution in [-0.2, 0) is 0 Å². The maximum absolute atomic E-state index is 5.94. The lowest BCUT2D eigenvalue weighted by Gasteiger charge is -1.95. The maximum atomic E-state index is 5.94. The first-order chi connectivity index (χ1) is 9.22. The molecule has 1 aromatic heterocycles. The van der Waals surface area contributed by atoms with E-state index >= 15 is 0 Å². The van der Waals surface area contributed by atoms with E-state index in [1.165, 1.54) is 0 Å². The van der Waals surface area contributed by atoms with Gasteiger partial charge in [0.05, 0.1) is 0 Å². The summed E-state index contributed by atoms with van der Waals surface area (Å²) in [7, 11) is 0. The van der Waals surface area contributed by atoms with Gasteiger partial charge in [0.15, 0.2) is 0 Å². The molecule has 3 rings (SSSR count). The molecule has 94 valence electrons. The lowest BCUT2D eigenvalue weighted by Crippen LogP contribution is -1.85. The fourth-order valence-electron chi connectivity index (χ4n) is 1.76. The summed E-state index contributed by atoms with van der Waals surface area (Å²) in [6.07, 6.45) is 0. The van der Waals surface area contributed by atoms with Crippen LogP contribution in [0, 0.1) is 0 Å². The molecule has 2 aromatic carbocycles. The van der Waals surface area contributed by atoms with Crippen LogP contribution in [0.25, 0.3) is 22.8 Å². The molecule has 0 bridgehead atoms. The third-order valence-electron chi connectivity index (χ3n) is 2.64. The molecular weight excluding hydrogens is 262 g/mol. The molecule has 4 nitrogen and oxygen atoms in total. The number of hydrogen-bond acceptors (Lipinski definition) is 4. The highest BCUT2D eigenvalue weighted by atomic mass is 35.5. The second-order valence-corrected chi connectivity index (χ2v) is 4.50. The highest BCUT2D eigenvalue weighted by molar-refractivity contribution is 6.30. The van der Waals surface area contributed by atoms with E-state index in [-0.39, 0.29) is 0 Å². The fraction of sp³-hybridized carbons (Fsp3) is 0. The van der Waals surface area contributed by atoms with Gasteiger partial charge in [-0.2, -0.15) is 4.98 Å². The Bertz CT molecular complexity index is 664. The average Bonchev–Trinajstić information content (AvgIpc) is 2.88. The van der Waals surface area contributed by atoms with Crippen molar-refractivity contribution in [3.8, 4) is 22.8 Å². The normalized spacial score (nSPS) is 10.6. The monoisotopic (exact) mass is 271 g/mol. The predicted octanol–water partition coefficient (Wildman–Crippen LogP) is 3.64. The Kier molecular flexibility index (Phi) is 2.93. The van der Waals surface area contributed by atoms with E-state index < -0.39 is 0 Å². The van der Waals surface area contributed by atoms with Crippen LogP contribution in [0.1, 0.15) is 0 Å². The molecule has 1 heterocycles. The second-order valence-electron chi connectivity index (χ2n) is 4.06. The molecule has 0 fully saturated rings. The first-order valence-electron chi connectivity index (χ1n) is 5.68. The SMILES string of the molecule is Nc1cccc(-c2nc(-c3cccc(Cl)c3)no2)c1. The Morgan fingerprint density at radius 3 is 2.58 bits per heavy atom. The maximum Gasteiger partial charge on any atom is 0.258 e. The fourth-order valence-corrected chi connectivity index (χ4v) is 1.95. The summed E-state index contributed by atoms with van der Waals surface area (Å²) in [6.45, 7) is 0. The van der Waals surface area contributed by atoms with Crippen molar-refractivity contribution in [3.63, 3.8) is 0 Å². The van der Waals surface area contributed by atoms with Crippen molar-refractivity contribution < 1.29 is 4.52 Å². The summed E-state index contributed by atoms with van der Waals surface area (Å²) in [5.74, 6) is 0.933. The van der Waals surface area contributed by atoms with Gasteiger partial charge < -0.3 is 10.3 Å². The lowest BCUT2D eigenvalue weighted by molar-refractivity contribution is 0.432. The van der Waals surface area contributed by atoms with Gasteiger partial charge in [-0.15, -0.1) is 0 Å². The van der Waals surface area contributed by atoms with Gasteiger partial charge in [-0.25, -0.2) is 0 Å². The number of hydrogen-bond donors (Lipinski definition) is 1. The average molecular weight is 272 g/mol. The van der Waals surface area contributed by atoms with Crippen molar-refractivity contribution in [2.24, 2.45) is 0 Å². The van der Waals surface area contributed by atoms with E-state index in [1.807, 2.05) is 24.3 Å². The minimum Gasteiger partial charge on any atom is -0.399 e. The molecule has 0 unspecified atom stereocenters. The molecule has 0 spiro atoms. The summed E-state index contributed by atoms with van der Waals surface area (Å²) in [6, 6.07) is 14.6. The first-order valence-corrected chi connectivity index (χ1v) is 6.06. The largest absolute Gasteiger partial charge is 0.399 e. The molecule has 2 N–H and O–H groups in total. The van der Waals surface area contributed by atoms with Gasteiger partial charge in [0.1, 0.15) is 0 Å². The minimum atomic E-state index is 0.433. The van der Waals surface area contributed by atoms with E-state index in [0.29, 0.717) is 22.4 Å². The number of nitrogen functional groups attached to an aromatic ring is 1. The van der Waals surface area contributed by atoms with Crippen molar-refractivity contribution >= 4 is 17.3 Å². The molecule has 3 aromatic rings. The first kappa shape index (κ1) is 11.7. The summed E-state index contributed by atoms with van der Waals surface area (Å²) in [5.41, 5.74) is 7.98. The van der Waals surface area contributed by atoms with Crippen molar-refractivity contribution in [2.75, 3.05) is 5.73 Å². The molecule has 0 aliphatic heterocycles. The van der Waals surface area contributed by atoms with Crippen LogP contribution in [-0.4, -0.2) is 10.1 Å². The van der Waals surface area contributed by atoms with Crippen molar-refractivity contribution in [2.45, 2.75) is 0 Å². The Morgan fingerprint density at radius 2 is 1.79 bits per heavy atom. The van der Waals surface area contributed by atoms with Crippen LogP contribution in [0.2, 0.25) is 5.02 Å². The molecule has 0 saturated heterocycles. The van der Waals surface area contributed by atoms with E-state index in [9.17, 15) is 0 Å². The van der Waals surface area contributed by atoms with E-state index in [1.54, 1.807) is 24.3 Å². The molecule has 0 saturated carbocycles. The molecule has 0 aliphatic rings. The van der Waals surface area contributed by atoms with E-state index in [2.05, 4.69) is 10.1 Å². The molecule has 0 radical (unpaired) electrons. The van der Waals surface area contributed by atoms with Gasteiger partial charge in [-0.3, -0.25) is 0 Å². The molecular formula is C14H10ClN3O. The number of aromatic nitrogens is 2. The van der Waals surface area contributed by atoms with Crippen molar-refractivity contribution in [1.29, 1.82) is 0 Å². The van der Waals surface area contributed by atoms with Crippen molar-refractivity contribution in [1.82, 2.24) is 10.1 Å². The highest BCUT2D eigenvalue weighted by Crippen LogP contribution is 2.24. The predicted molar refractivity (Wildman–Crippen MR) is 74.6 cm³/mol. The smallest absolute Gasteiger partial charge is 0.258 e. The molecule has 5 heteroatoms. The van der Waals surface area contributed by atoms with Crippen LogP contribution in [0.3, 0.4) is 0 Å². The van der Waals surface area contributed by atoms with Crippen LogP contribution in [0.5, 0.6) is 0 Å². The number of nitrogens with two attached hydrogens (primary N) is 1. The number of rotatable bonds is 2. The zero-order valence-electron chi connectivity index (χ0n) is 9.88. The van der Waals surface area contributed by atoms with Crippen LogP contribution in [0.4, 0.5) is 5.69 Å². The quantitative estimate of drug-likeness (QED) is 0.723. The standard InChI is InChI=1S/C14H10ClN3O/c15-11-5-1-3-9(7-11)13-17-14(19-18-13)10-4-2-6-12(16)8-10/h1-8H,16H2. The Balaban J connectivity index is 2.00. The summed E-state index contributed by atoms with van der Waals surface area (Å²) >= 11 is 5.94. The van der Waals surface area contributed by atoms with Gasteiger partial charge in [0, 0.05) is 21.8 Å². The third kappa shape index (κ3) is 2.44. The summed E-state index contributed by atoms with van der Waals surface area (Å²) in [5, 5.41) is 4.58. The van der Waals surface area contributed by atoms with Crippen LogP contribution < -0.4 is 5.73 Å². The van der Waals surface area contributed by atoms with Crippen LogP contribution in [0.15, 0.2) is 53.1 Å². The van der Waals surface area contributed by atoms with Gasteiger partial charge in [0.2, 0.25) is 5.82 Å². The molecule has 0 amide bonds. The van der Waals surface area contributed by atoms with Gasteiger partial charge >= 0.3 is 0 Å².